The number of halogens is 1. The van der Waals surface area contributed by atoms with Crippen molar-refractivity contribution in [3.05, 3.63) is 88.9 Å². The van der Waals surface area contributed by atoms with E-state index in [1.807, 2.05) is 18.7 Å². The van der Waals surface area contributed by atoms with Crippen LogP contribution in [0.15, 0.2) is 87.9 Å². The molecule has 0 aliphatic carbocycles. The molecule has 2 aliphatic rings. The Balaban J connectivity index is 1.15. The van der Waals surface area contributed by atoms with Crippen LogP contribution in [0, 0.1) is 13.8 Å². The molecule has 5 aromatic rings. The SMILES string of the molecule is Cc1cc(O)c(NS(=O)Oc2cc(NS(=O)Oc3cc(N=Nc4cc(S(=O)(=O)N5CCOCC5)c(O)c5cccc(NS(C)(=O)=O)c45)ccc3Cl)ccc2N2CCOCC2)cc1C. The summed E-state index contributed by atoms with van der Waals surface area (Å²) in [7, 11) is -8.13. The van der Waals surface area contributed by atoms with Crippen molar-refractivity contribution in [3.63, 3.8) is 0 Å². The average Bonchev–Trinajstić information content (AvgIpc) is 3.24. The van der Waals surface area contributed by atoms with Gasteiger partial charge in [-0.05, 0) is 73.5 Å². The van der Waals surface area contributed by atoms with Crippen molar-refractivity contribution in [2.75, 3.05) is 77.9 Å². The molecule has 19 nitrogen and oxygen atoms in total. The van der Waals surface area contributed by atoms with Crippen molar-refractivity contribution in [1.82, 2.24) is 4.31 Å². The number of hydrogen-bond acceptors (Lipinski definition) is 15. The van der Waals surface area contributed by atoms with Gasteiger partial charge in [0.15, 0.2) is 11.5 Å². The summed E-state index contributed by atoms with van der Waals surface area (Å²) >= 11 is 1.97. The van der Waals surface area contributed by atoms with E-state index in [2.05, 4.69) is 24.4 Å². The Morgan fingerprint density at radius 1 is 0.762 bits per heavy atom. The number of azo groups is 1. The monoisotopic (exact) mass is 963 g/mol. The van der Waals surface area contributed by atoms with Crippen LogP contribution in [0.4, 0.5) is 34.1 Å². The van der Waals surface area contributed by atoms with Crippen molar-refractivity contribution in [2.45, 2.75) is 18.7 Å². The molecule has 5 N–H and O–H groups in total. The largest absolute Gasteiger partial charge is 0.506 e. The minimum absolute atomic E-state index is 0.00542. The number of phenols is 2. The number of anilines is 4. The zero-order chi connectivity index (χ0) is 45.1. The first kappa shape index (κ1) is 45.7. The quantitative estimate of drug-likeness (QED) is 0.0572. The average molecular weight is 965 g/mol. The van der Waals surface area contributed by atoms with E-state index >= 15 is 0 Å². The first-order valence-electron chi connectivity index (χ1n) is 19.0. The summed E-state index contributed by atoms with van der Waals surface area (Å²) in [5, 5.41) is 30.4. The van der Waals surface area contributed by atoms with Crippen LogP contribution in [0.1, 0.15) is 11.1 Å². The summed E-state index contributed by atoms with van der Waals surface area (Å²) in [4.78, 5) is 1.51. The van der Waals surface area contributed by atoms with E-state index in [1.54, 1.807) is 24.3 Å². The molecule has 0 amide bonds. The summed E-state index contributed by atoms with van der Waals surface area (Å²) in [5.74, 6) is -0.651. The number of morpholine rings is 2. The minimum atomic E-state index is -4.28. The lowest BCUT2D eigenvalue weighted by Crippen LogP contribution is -2.40. The second kappa shape index (κ2) is 19.2. The lowest BCUT2D eigenvalue weighted by atomic mass is 10.1. The molecule has 336 valence electrons. The lowest BCUT2D eigenvalue weighted by Gasteiger charge is -2.30. The van der Waals surface area contributed by atoms with Crippen molar-refractivity contribution >= 4 is 99.1 Å². The minimum Gasteiger partial charge on any atom is -0.506 e. The van der Waals surface area contributed by atoms with Gasteiger partial charge in [0.2, 0.25) is 20.0 Å². The van der Waals surface area contributed by atoms with Crippen molar-refractivity contribution in [2.24, 2.45) is 10.2 Å². The number of rotatable bonds is 15. The second-order valence-corrected chi connectivity index (χ2v) is 20.0. The molecule has 2 heterocycles. The van der Waals surface area contributed by atoms with Gasteiger partial charge in [0.25, 0.3) is 0 Å². The molecular formula is C39H42ClN7O12S4. The molecule has 7 rings (SSSR count). The Labute approximate surface area is 373 Å². The summed E-state index contributed by atoms with van der Waals surface area (Å²) in [6.07, 6.45) is 0.937. The van der Waals surface area contributed by atoms with Gasteiger partial charge in [-0.3, -0.25) is 14.2 Å². The van der Waals surface area contributed by atoms with E-state index in [4.69, 9.17) is 29.4 Å². The number of nitrogens with zero attached hydrogens (tertiary/aromatic N) is 4. The van der Waals surface area contributed by atoms with E-state index in [0.29, 0.717) is 32.0 Å². The maximum Gasteiger partial charge on any atom is 0.316 e. The van der Waals surface area contributed by atoms with Gasteiger partial charge in [-0.25, -0.2) is 16.8 Å². The third-order valence-electron chi connectivity index (χ3n) is 9.80. The van der Waals surface area contributed by atoms with E-state index in [9.17, 15) is 35.5 Å². The number of phenolic OH excluding ortho intramolecular Hbond substituents is 2. The summed E-state index contributed by atoms with van der Waals surface area (Å²) in [6.45, 7) is 6.05. The van der Waals surface area contributed by atoms with Gasteiger partial charge in [-0.2, -0.15) is 17.8 Å². The number of aromatic hydroxyl groups is 2. The maximum atomic E-state index is 13.8. The van der Waals surface area contributed by atoms with Crippen LogP contribution in [-0.4, -0.2) is 98.6 Å². The number of benzene rings is 5. The standard InChI is InChI=1S/C39H42ClN7O12S4/c1-24-19-31(34(48)20-25(24)2)44-61(51)59-36-22-27(8-10-33(36)46-11-15-56-16-12-46)43-60(50)58-35-21-26(7-9-29(35)40)41-42-32-23-37(63(54,55)47-13-17-57-18-14-47)39(49)28-5-4-6-30(38(28)32)45-62(3,52)53/h4-10,19-23,43-45,48-49H,11-18H2,1-3H3. The van der Waals surface area contributed by atoms with Crippen molar-refractivity contribution in [3.8, 4) is 23.0 Å². The predicted octanol–water partition coefficient (Wildman–Crippen LogP) is 6.30. The molecule has 5 aromatic carbocycles. The Morgan fingerprint density at radius 3 is 2.14 bits per heavy atom. The second-order valence-electron chi connectivity index (χ2n) is 14.3. The van der Waals surface area contributed by atoms with Crippen LogP contribution in [-0.2, 0) is 52.1 Å². The fourth-order valence-corrected chi connectivity index (χ4v) is 10.3. The Kier molecular flexibility index (Phi) is 14.0. The molecule has 0 radical (unpaired) electrons. The molecule has 0 spiro atoms. The van der Waals surface area contributed by atoms with Crippen LogP contribution >= 0.6 is 11.6 Å². The smallest absolute Gasteiger partial charge is 0.316 e. The van der Waals surface area contributed by atoms with Gasteiger partial charge in [0, 0.05) is 49.1 Å². The molecule has 2 aliphatic heterocycles. The van der Waals surface area contributed by atoms with Crippen molar-refractivity contribution < 1.29 is 53.3 Å². The van der Waals surface area contributed by atoms with Gasteiger partial charge in [0.1, 0.15) is 16.4 Å². The lowest BCUT2D eigenvalue weighted by molar-refractivity contribution is 0.0730. The fraction of sp³-hybridized carbons (Fsp3) is 0.282. The van der Waals surface area contributed by atoms with Gasteiger partial charge in [-0.15, -0.1) is 5.11 Å². The number of aryl methyl sites for hydroxylation is 2. The number of ether oxygens (including phenoxy) is 2. The maximum absolute atomic E-state index is 13.8. The topological polar surface area (TPSA) is 247 Å². The number of fused-ring (bicyclic) bond motifs is 1. The summed E-state index contributed by atoms with van der Waals surface area (Å²) < 4.78 is 110. The summed E-state index contributed by atoms with van der Waals surface area (Å²) in [5.41, 5.74) is 2.75. The molecule has 2 saturated heterocycles. The zero-order valence-electron chi connectivity index (χ0n) is 33.9. The van der Waals surface area contributed by atoms with Gasteiger partial charge < -0.3 is 33.0 Å². The third-order valence-corrected chi connectivity index (χ3v) is 14.1. The van der Waals surface area contributed by atoms with Crippen LogP contribution < -0.4 is 27.4 Å². The van der Waals surface area contributed by atoms with Gasteiger partial charge >= 0.3 is 22.5 Å². The molecule has 2 unspecified atom stereocenters. The van der Waals surface area contributed by atoms with E-state index in [0.717, 1.165) is 27.8 Å². The molecule has 24 heteroatoms. The summed E-state index contributed by atoms with van der Waals surface area (Å²) in [6, 6.07) is 17.6. The van der Waals surface area contributed by atoms with E-state index < -0.39 is 53.2 Å². The van der Waals surface area contributed by atoms with Gasteiger partial charge in [-0.1, -0.05) is 23.7 Å². The van der Waals surface area contributed by atoms with Crippen LogP contribution in [0.3, 0.4) is 0 Å². The number of sulfonamides is 2. The predicted molar refractivity (Wildman–Crippen MR) is 241 cm³/mol. The Bertz CT molecular complexity index is 2860. The van der Waals surface area contributed by atoms with Crippen LogP contribution in [0.5, 0.6) is 23.0 Å². The molecule has 2 atom stereocenters. The molecule has 63 heavy (non-hydrogen) atoms. The molecular weight excluding hydrogens is 922 g/mol. The van der Waals surface area contributed by atoms with Crippen molar-refractivity contribution in [1.29, 1.82) is 0 Å². The third kappa shape index (κ3) is 10.9. The number of hydrogen-bond donors (Lipinski definition) is 5. The van der Waals surface area contributed by atoms with Crippen LogP contribution in [0.2, 0.25) is 5.02 Å². The van der Waals surface area contributed by atoms with E-state index in [-0.39, 0.29) is 87.8 Å². The van der Waals surface area contributed by atoms with Crippen LogP contribution in [0.25, 0.3) is 10.8 Å². The Morgan fingerprint density at radius 2 is 1.43 bits per heavy atom. The highest BCUT2D eigenvalue weighted by Gasteiger charge is 2.31. The normalized spacial score (nSPS) is 16.2. The molecule has 2 fully saturated rings. The molecule has 0 saturated carbocycles. The fourth-order valence-electron chi connectivity index (χ4n) is 6.62. The van der Waals surface area contributed by atoms with E-state index in [1.165, 1.54) is 42.5 Å². The Hall–Kier alpha value is -5.27. The highest BCUT2D eigenvalue weighted by atomic mass is 35.5. The first-order chi connectivity index (χ1) is 30.0. The molecule has 0 bridgehead atoms. The highest BCUT2D eigenvalue weighted by Crippen LogP contribution is 2.44. The zero-order valence-corrected chi connectivity index (χ0v) is 37.9. The molecule has 0 aromatic heterocycles. The number of nitrogens with one attached hydrogen (secondary N) is 3. The van der Waals surface area contributed by atoms with Gasteiger partial charge in [0.05, 0.1) is 71.8 Å². The first-order valence-corrected chi connectivity index (χ1v) is 24.9. The highest BCUT2D eigenvalue weighted by molar-refractivity contribution is 7.92.